The fourth-order valence-electron chi connectivity index (χ4n) is 3.70. The minimum atomic E-state index is -1.52. The van der Waals surface area contributed by atoms with Crippen molar-refractivity contribution in [3.05, 3.63) is 47.2 Å². The Labute approximate surface area is 168 Å². The Morgan fingerprint density at radius 2 is 1.97 bits per heavy atom. The van der Waals surface area contributed by atoms with Crippen LogP contribution >= 0.6 is 0 Å². The van der Waals surface area contributed by atoms with E-state index in [1.807, 2.05) is 24.8 Å². The van der Waals surface area contributed by atoms with Crippen LogP contribution in [0.25, 0.3) is 0 Å². The van der Waals surface area contributed by atoms with Gasteiger partial charge in [0.15, 0.2) is 11.6 Å². The number of hydrogen-bond acceptors (Lipinski definition) is 6. The van der Waals surface area contributed by atoms with Gasteiger partial charge in [0, 0.05) is 37.6 Å². The molecule has 0 unspecified atom stereocenters. The van der Waals surface area contributed by atoms with E-state index in [2.05, 4.69) is 15.0 Å². The van der Waals surface area contributed by atoms with Crippen molar-refractivity contribution in [1.82, 2.24) is 9.97 Å². The van der Waals surface area contributed by atoms with E-state index in [1.54, 1.807) is 6.07 Å². The summed E-state index contributed by atoms with van der Waals surface area (Å²) in [7, 11) is 0. The van der Waals surface area contributed by atoms with Gasteiger partial charge in [-0.15, -0.1) is 0 Å². The highest BCUT2D eigenvalue weighted by Crippen LogP contribution is 2.31. The Morgan fingerprint density at radius 3 is 2.66 bits per heavy atom. The van der Waals surface area contributed by atoms with Crippen LogP contribution in [-0.2, 0) is 6.54 Å². The van der Waals surface area contributed by atoms with Gasteiger partial charge in [-0.2, -0.15) is 0 Å². The van der Waals surface area contributed by atoms with Gasteiger partial charge >= 0.3 is 0 Å². The molecule has 0 aliphatic carbocycles. The molecular formula is C21H24F2N4O2. The number of nitrogens with zero attached hydrogens (tertiary/aromatic N) is 4. The number of halogens is 2. The van der Waals surface area contributed by atoms with Gasteiger partial charge < -0.3 is 14.7 Å². The third-order valence-electron chi connectivity index (χ3n) is 5.35. The quantitative estimate of drug-likeness (QED) is 0.832. The number of fused-ring (bicyclic) bond motifs is 1. The van der Waals surface area contributed by atoms with E-state index >= 15 is 0 Å². The van der Waals surface area contributed by atoms with Crippen molar-refractivity contribution in [2.24, 2.45) is 4.99 Å². The number of aromatic nitrogens is 2. The van der Waals surface area contributed by atoms with Crippen molar-refractivity contribution in [3.63, 3.8) is 0 Å². The number of alkyl halides is 1. The number of ether oxygens (including phenoxy) is 1. The molecular weight excluding hydrogens is 378 g/mol. The van der Waals surface area contributed by atoms with Crippen LogP contribution in [0.5, 0.6) is 5.75 Å². The molecule has 0 radical (unpaired) electrons. The van der Waals surface area contributed by atoms with Crippen LogP contribution in [0.1, 0.15) is 43.5 Å². The van der Waals surface area contributed by atoms with Crippen molar-refractivity contribution in [2.45, 2.75) is 45.0 Å². The van der Waals surface area contributed by atoms with Gasteiger partial charge in [0.05, 0.1) is 30.7 Å². The molecule has 0 atom stereocenters. The third kappa shape index (κ3) is 3.94. The molecule has 1 saturated heterocycles. The second-order valence-corrected chi connectivity index (χ2v) is 7.83. The lowest BCUT2D eigenvalue weighted by atomic mass is 9.94. The summed E-state index contributed by atoms with van der Waals surface area (Å²) in [5.41, 5.74) is 1.38. The molecule has 1 aromatic heterocycles. The number of hydrogen-bond donors (Lipinski definition) is 1. The first-order valence-electron chi connectivity index (χ1n) is 9.79. The largest absolute Gasteiger partial charge is 0.488 e. The second-order valence-electron chi connectivity index (χ2n) is 7.83. The predicted octanol–water partition coefficient (Wildman–Crippen LogP) is 3.05. The summed E-state index contributed by atoms with van der Waals surface area (Å²) in [6.07, 6.45) is 1.82. The first-order chi connectivity index (χ1) is 13.9. The molecule has 8 heteroatoms. The van der Waals surface area contributed by atoms with Crippen molar-refractivity contribution >= 4 is 11.5 Å². The van der Waals surface area contributed by atoms with E-state index in [0.29, 0.717) is 36.9 Å². The van der Waals surface area contributed by atoms with Gasteiger partial charge in [-0.1, -0.05) is 0 Å². The summed E-state index contributed by atoms with van der Waals surface area (Å²) in [4.78, 5) is 15.2. The molecule has 1 fully saturated rings. The zero-order valence-corrected chi connectivity index (χ0v) is 16.5. The van der Waals surface area contributed by atoms with Crippen LogP contribution in [0, 0.1) is 5.82 Å². The topological polar surface area (TPSA) is 70.8 Å². The van der Waals surface area contributed by atoms with Crippen LogP contribution in [-0.4, -0.2) is 52.3 Å². The molecule has 0 amide bonds. The summed E-state index contributed by atoms with van der Waals surface area (Å²) in [5, 5.41) is 9.21. The number of benzene rings is 1. The molecule has 3 heterocycles. The number of aliphatic hydroxyl groups excluding tert-OH is 1. The molecule has 2 aromatic rings. The number of piperidine rings is 1. The molecule has 2 aliphatic heterocycles. The first-order valence-corrected chi connectivity index (χ1v) is 9.79. The lowest BCUT2D eigenvalue weighted by molar-refractivity contribution is 0.0480. The third-order valence-corrected chi connectivity index (χ3v) is 5.35. The smallest absolute Gasteiger partial charge is 0.165 e. The van der Waals surface area contributed by atoms with Crippen molar-refractivity contribution in [2.75, 3.05) is 24.6 Å². The Bertz CT molecular complexity index is 940. The molecule has 29 heavy (non-hydrogen) atoms. The number of aliphatic hydroxyl groups is 1. The van der Waals surface area contributed by atoms with E-state index < -0.39 is 18.1 Å². The second kappa shape index (κ2) is 7.67. The lowest BCUT2D eigenvalue weighted by Gasteiger charge is -2.35. The standard InChI is InChI=1S/C21H24F2N4O2/c1-13(2)29-18-8-15-14(7-16(18)22)10-24-20(15)17-9-19(26-12-25-17)27-5-3-21(23,11-28)4-6-27/h7-9,12-13,28H,3-6,10-11H2,1-2H3. The minimum absolute atomic E-state index is 0.143. The summed E-state index contributed by atoms with van der Waals surface area (Å²) in [5.74, 6) is 0.484. The summed E-state index contributed by atoms with van der Waals surface area (Å²) in [6.45, 7) is 4.55. The summed E-state index contributed by atoms with van der Waals surface area (Å²) >= 11 is 0. The van der Waals surface area contributed by atoms with Crippen LogP contribution < -0.4 is 9.64 Å². The molecule has 4 rings (SSSR count). The average Bonchev–Trinajstić information content (AvgIpc) is 3.11. The summed E-state index contributed by atoms with van der Waals surface area (Å²) < 4.78 is 34.1. The van der Waals surface area contributed by atoms with Gasteiger partial charge in [0.1, 0.15) is 17.8 Å². The fourth-order valence-corrected chi connectivity index (χ4v) is 3.70. The SMILES string of the molecule is CC(C)Oc1cc2c(cc1F)CN=C2c1cc(N2CCC(F)(CO)CC2)ncn1. The molecule has 1 aromatic carbocycles. The number of rotatable bonds is 5. The van der Waals surface area contributed by atoms with Crippen LogP contribution in [0.2, 0.25) is 0 Å². The zero-order valence-electron chi connectivity index (χ0n) is 16.5. The Hall–Kier alpha value is -2.61. The average molecular weight is 402 g/mol. The van der Waals surface area contributed by atoms with Crippen molar-refractivity contribution in [1.29, 1.82) is 0 Å². The highest BCUT2D eigenvalue weighted by molar-refractivity contribution is 6.14. The molecule has 0 spiro atoms. The maximum Gasteiger partial charge on any atom is 0.165 e. The van der Waals surface area contributed by atoms with Crippen LogP contribution in [0.3, 0.4) is 0 Å². The number of aliphatic imine (C=N–C) groups is 1. The Kier molecular flexibility index (Phi) is 5.21. The molecule has 0 bridgehead atoms. The fraction of sp³-hybridized carbons (Fsp3) is 0.476. The lowest BCUT2D eigenvalue weighted by Crippen LogP contribution is -2.44. The Morgan fingerprint density at radius 1 is 1.21 bits per heavy atom. The van der Waals surface area contributed by atoms with Crippen molar-refractivity contribution in [3.8, 4) is 5.75 Å². The van der Waals surface area contributed by atoms with E-state index in [9.17, 15) is 13.9 Å². The van der Waals surface area contributed by atoms with E-state index in [1.165, 1.54) is 12.4 Å². The first kappa shape index (κ1) is 19.7. The summed E-state index contributed by atoms with van der Waals surface area (Å²) in [6, 6.07) is 4.97. The Balaban J connectivity index is 1.59. The van der Waals surface area contributed by atoms with Gasteiger partial charge in [-0.3, -0.25) is 4.99 Å². The van der Waals surface area contributed by atoms with Gasteiger partial charge in [-0.05, 0) is 31.5 Å². The highest BCUT2D eigenvalue weighted by Gasteiger charge is 2.34. The van der Waals surface area contributed by atoms with E-state index in [-0.39, 0.29) is 24.7 Å². The predicted molar refractivity (Wildman–Crippen MR) is 106 cm³/mol. The monoisotopic (exact) mass is 402 g/mol. The normalized spacial score (nSPS) is 18.0. The molecule has 0 saturated carbocycles. The van der Waals surface area contributed by atoms with E-state index in [4.69, 9.17) is 4.74 Å². The minimum Gasteiger partial charge on any atom is -0.488 e. The van der Waals surface area contributed by atoms with E-state index in [0.717, 1.165) is 11.1 Å². The van der Waals surface area contributed by atoms with Gasteiger partial charge in [0.25, 0.3) is 0 Å². The zero-order chi connectivity index (χ0) is 20.6. The molecule has 154 valence electrons. The van der Waals surface area contributed by atoms with Gasteiger partial charge in [-0.25, -0.2) is 18.7 Å². The number of anilines is 1. The van der Waals surface area contributed by atoms with Crippen LogP contribution in [0.15, 0.2) is 29.5 Å². The highest BCUT2D eigenvalue weighted by atomic mass is 19.1. The molecule has 2 aliphatic rings. The maximum absolute atomic E-state index is 14.3. The maximum atomic E-state index is 14.3. The molecule has 1 N–H and O–H groups in total. The molecule has 6 nitrogen and oxygen atoms in total. The van der Waals surface area contributed by atoms with Gasteiger partial charge in [0.2, 0.25) is 0 Å². The van der Waals surface area contributed by atoms with Crippen LogP contribution in [0.4, 0.5) is 14.6 Å². The van der Waals surface area contributed by atoms with Crippen molar-refractivity contribution < 1.29 is 18.6 Å².